The van der Waals surface area contributed by atoms with Gasteiger partial charge in [0.25, 0.3) is 5.92 Å². The number of nitrogens with two attached hydrogens (primary N) is 1. The van der Waals surface area contributed by atoms with E-state index < -0.39 is 23.3 Å². The van der Waals surface area contributed by atoms with Crippen molar-refractivity contribution in [2.24, 2.45) is 5.73 Å². The van der Waals surface area contributed by atoms with E-state index in [4.69, 9.17) is 10.8 Å². The predicted molar refractivity (Wildman–Crippen MR) is 80.5 cm³/mol. The molecule has 0 unspecified atom stereocenters. The highest BCUT2D eigenvalue weighted by atomic mass is 32.1. The second-order valence-electron chi connectivity index (χ2n) is 5.87. The third-order valence-electron chi connectivity index (χ3n) is 3.65. The van der Waals surface area contributed by atoms with E-state index in [0.717, 1.165) is 0 Å². The first-order valence-corrected chi connectivity index (χ1v) is 7.54. The van der Waals surface area contributed by atoms with Crippen molar-refractivity contribution < 1.29 is 18.1 Å². The summed E-state index contributed by atoms with van der Waals surface area (Å²) in [6.45, 7) is 4.02. The number of hydrogen-bond donors (Lipinski definition) is 2. The zero-order valence-electron chi connectivity index (χ0n) is 12.5. The van der Waals surface area contributed by atoms with Gasteiger partial charge in [0.2, 0.25) is 4.75 Å². The zero-order chi connectivity index (χ0) is 16.3. The van der Waals surface area contributed by atoms with Crippen molar-refractivity contribution in [2.45, 2.75) is 50.3 Å². The first-order chi connectivity index (χ1) is 9.64. The molecule has 0 saturated carbocycles. The summed E-state index contributed by atoms with van der Waals surface area (Å²) >= 11 is 0.521. The lowest BCUT2D eigenvalue weighted by molar-refractivity contribution is -0.0561. The van der Waals surface area contributed by atoms with Crippen LogP contribution in [0.1, 0.15) is 49.4 Å². The molecule has 3 nitrogen and oxygen atoms in total. The number of halogens is 2. The summed E-state index contributed by atoms with van der Waals surface area (Å²) in [6, 6.07) is 4.13. The highest BCUT2D eigenvalue weighted by molar-refractivity contribution is 7.67. The molecule has 118 valence electrons. The molecule has 0 radical (unpaired) electrons. The van der Waals surface area contributed by atoms with E-state index in [9.17, 15) is 13.0 Å². The Kier molecular flexibility index (Phi) is 5.90. The van der Waals surface area contributed by atoms with Gasteiger partial charge >= 0.3 is 11.7 Å². The Morgan fingerprint density at radius 1 is 1.38 bits per heavy atom. The van der Waals surface area contributed by atoms with Crippen LogP contribution in [0.25, 0.3) is 0 Å². The average molecular weight is 318 g/mol. The van der Waals surface area contributed by atoms with Crippen molar-refractivity contribution >= 4 is 11.7 Å². The normalized spacial score (nSPS) is 14.0. The van der Waals surface area contributed by atoms with Crippen LogP contribution in [0, 0.1) is 6.92 Å². The van der Waals surface area contributed by atoms with Crippen molar-refractivity contribution in [1.82, 2.24) is 0 Å². The fraction of sp³-hybridized carbons (Fsp3) is 0.600. The van der Waals surface area contributed by atoms with E-state index >= 15 is 0 Å². The van der Waals surface area contributed by atoms with Gasteiger partial charge in [-0.25, -0.2) is 0 Å². The van der Waals surface area contributed by atoms with Gasteiger partial charge in [0.05, 0.1) is 0 Å². The number of rotatable bonds is 7. The van der Waals surface area contributed by atoms with Crippen molar-refractivity contribution in [3.8, 4) is 0 Å². The topological polar surface area (TPSA) is 63.3 Å². The van der Waals surface area contributed by atoms with E-state index in [1.165, 1.54) is 12.1 Å². The molecule has 3 N–H and O–H groups in total. The standard InChI is InChI=1S/C15H22F2NO2S/c1-10-11(13(18)7-8-14(2,3)21-20)5-4-6-12(10)15(16,17)9-19/h4-6,13,19H,7-9,18H2,1-3H3/q+1/t13-/m1/s1. The van der Waals surface area contributed by atoms with Crippen molar-refractivity contribution in [3.05, 3.63) is 34.9 Å². The second kappa shape index (κ2) is 6.85. The fourth-order valence-corrected chi connectivity index (χ4v) is 2.44. The van der Waals surface area contributed by atoms with Crippen molar-refractivity contribution in [2.75, 3.05) is 6.61 Å². The fourth-order valence-electron chi connectivity index (χ4n) is 2.24. The highest BCUT2D eigenvalue weighted by Crippen LogP contribution is 2.34. The molecule has 0 aliphatic carbocycles. The van der Waals surface area contributed by atoms with Crippen LogP contribution in [0.5, 0.6) is 0 Å². The minimum Gasteiger partial charge on any atom is -0.390 e. The van der Waals surface area contributed by atoms with E-state index in [0.29, 0.717) is 35.6 Å². The van der Waals surface area contributed by atoms with Crippen LogP contribution < -0.4 is 5.73 Å². The molecule has 0 aromatic heterocycles. The van der Waals surface area contributed by atoms with Gasteiger partial charge in [-0.3, -0.25) is 0 Å². The number of hydrogen-bond acceptors (Lipinski definition) is 3. The first-order valence-electron chi connectivity index (χ1n) is 6.80. The molecule has 6 heteroatoms. The van der Waals surface area contributed by atoms with Crippen LogP contribution in [-0.2, 0) is 21.8 Å². The third kappa shape index (κ3) is 4.49. The molecule has 1 aromatic carbocycles. The Morgan fingerprint density at radius 2 is 2.00 bits per heavy atom. The first kappa shape index (κ1) is 18.1. The lowest BCUT2D eigenvalue weighted by atomic mass is 9.91. The smallest absolute Gasteiger partial charge is 0.390 e. The Hall–Kier alpha value is -0.980. The second-order valence-corrected chi connectivity index (χ2v) is 7.14. The Labute approximate surface area is 128 Å². The van der Waals surface area contributed by atoms with Gasteiger partial charge in [-0.15, -0.1) is 0 Å². The molecule has 0 spiro atoms. The van der Waals surface area contributed by atoms with Gasteiger partial charge in [-0.05, 0) is 38.3 Å². The summed E-state index contributed by atoms with van der Waals surface area (Å²) in [7, 11) is 0. The monoisotopic (exact) mass is 318 g/mol. The average Bonchev–Trinajstić information content (AvgIpc) is 2.45. The lowest BCUT2D eigenvalue weighted by Crippen LogP contribution is -2.24. The lowest BCUT2D eigenvalue weighted by Gasteiger charge is -2.21. The number of benzene rings is 1. The van der Waals surface area contributed by atoms with Crippen molar-refractivity contribution in [3.63, 3.8) is 0 Å². The number of aliphatic hydroxyl groups excluding tert-OH is 1. The van der Waals surface area contributed by atoms with E-state index in [-0.39, 0.29) is 5.56 Å². The summed E-state index contributed by atoms with van der Waals surface area (Å²) < 4.78 is 37.9. The highest BCUT2D eigenvalue weighted by Gasteiger charge is 2.35. The van der Waals surface area contributed by atoms with Crippen LogP contribution in [0.4, 0.5) is 8.78 Å². The van der Waals surface area contributed by atoms with Crippen LogP contribution in [0.3, 0.4) is 0 Å². The summed E-state index contributed by atoms with van der Waals surface area (Å²) in [6.07, 6.45) is 1.14. The zero-order valence-corrected chi connectivity index (χ0v) is 13.3. The quantitative estimate of drug-likeness (QED) is 0.760. The van der Waals surface area contributed by atoms with Gasteiger partial charge in [-0.2, -0.15) is 8.78 Å². The van der Waals surface area contributed by atoms with Crippen LogP contribution in [0.2, 0.25) is 0 Å². The summed E-state index contributed by atoms with van der Waals surface area (Å²) in [5.41, 5.74) is 6.93. The van der Waals surface area contributed by atoms with Gasteiger partial charge < -0.3 is 10.8 Å². The molecule has 0 aliphatic rings. The van der Waals surface area contributed by atoms with E-state index in [1.54, 1.807) is 13.0 Å². The molecule has 1 aromatic rings. The predicted octanol–water partition coefficient (Wildman–Crippen LogP) is 3.07. The summed E-state index contributed by atoms with van der Waals surface area (Å²) in [5, 5.41) is 8.82. The largest absolute Gasteiger partial charge is 0.464 e. The molecule has 0 saturated heterocycles. The number of aliphatic hydroxyl groups is 1. The number of alkyl halides is 2. The maximum absolute atomic E-state index is 13.7. The third-order valence-corrected chi connectivity index (χ3v) is 4.31. The van der Waals surface area contributed by atoms with Gasteiger partial charge in [0.1, 0.15) is 6.61 Å². The molecule has 0 heterocycles. The van der Waals surface area contributed by atoms with Crippen LogP contribution >= 0.6 is 0 Å². The molecular weight excluding hydrogens is 296 g/mol. The molecule has 0 aliphatic heterocycles. The maximum atomic E-state index is 13.7. The molecule has 0 fully saturated rings. The molecular formula is C15H22F2NO2S+. The molecule has 21 heavy (non-hydrogen) atoms. The van der Waals surface area contributed by atoms with Gasteiger partial charge in [-0.1, -0.05) is 18.2 Å². The molecule has 1 rings (SSSR count). The van der Waals surface area contributed by atoms with Crippen LogP contribution in [0.15, 0.2) is 18.2 Å². The summed E-state index contributed by atoms with van der Waals surface area (Å²) in [4.78, 5) is 0. The van der Waals surface area contributed by atoms with Crippen LogP contribution in [-0.4, -0.2) is 16.5 Å². The molecule has 0 bridgehead atoms. The Morgan fingerprint density at radius 3 is 2.52 bits per heavy atom. The van der Waals surface area contributed by atoms with E-state index in [2.05, 4.69) is 0 Å². The van der Waals surface area contributed by atoms with E-state index in [1.807, 2.05) is 13.8 Å². The summed E-state index contributed by atoms with van der Waals surface area (Å²) in [5.74, 6) is -3.27. The molecule has 0 amide bonds. The Balaban J connectivity index is 2.99. The molecule has 1 atom stereocenters. The minimum atomic E-state index is -3.27. The van der Waals surface area contributed by atoms with Gasteiger partial charge in [0.15, 0.2) is 0 Å². The maximum Gasteiger partial charge on any atom is 0.464 e. The SMILES string of the molecule is Cc1c([C@H](N)CCC(C)(C)[S+]=O)cccc1C(F)(F)CO. The minimum absolute atomic E-state index is 0.199. The van der Waals surface area contributed by atoms with Gasteiger partial charge in [0, 0.05) is 22.2 Å². The van der Waals surface area contributed by atoms with Crippen molar-refractivity contribution in [1.29, 1.82) is 0 Å². The Bertz CT molecular complexity index is 506.